The Morgan fingerprint density at radius 2 is 2.15 bits per heavy atom. The average molecular weight is 278 g/mol. The second-order valence-corrected chi connectivity index (χ2v) is 4.72. The summed E-state index contributed by atoms with van der Waals surface area (Å²) in [7, 11) is 1.43. The molecule has 106 valence electrons. The van der Waals surface area contributed by atoms with Crippen molar-refractivity contribution < 1.29 is 14.8 Å². The van der Waals surface area contributed by atoms with Crippen LogP contribution >= 0.6 is 0 Å². The monoisotopic (exact) mass is 278 g/mol. The molecule has 20 heavy (non-hydrogen) atoms. The molecule has 1 heterocycles. The second-order valence-electron chi connectivity index (χ2n) is 4.72. The van der Waals surface area contributed by atoms with Crippen LogP contribution in [-0.2, 0) is 5.60 Å². The Morgan fingerprint density at radius 1 is 1.45 bits per heavy atom. The lowest BCUT2D eigenvalue weighted by Crippen LogP contribution is -2.15. The molecular weight excluding hydrogens is 264 g/mol. The minimum atomic E-state index is -1.17. The van der Waals surface area contributed by atoms with Crippen LogP contribution in [0.25, 0.3) is 5.69 Å². The van der Waals surface area contributed by atoms with E-state index in [1.807, 2.05) is 0 Å². The summed E-state index contributed by atoms with van der Waals surface area (Å²) in [5, 5.41) is 28.6. The summed E-state index contributed by atoms with van der Waals surface area (Å²) in [4.78, 5) is 10.6. The Bertz CT molecular complexity index is 645. The van der Waals surface area contributed by atoms with Crippen molar-refractivity contribution in [3.63, 3.8) is 0 Å². The van der Waals surface area contributed by atoms with Crippen molar-refractivity contribution in [2.75, 3.05) is 7.11 Å². The molecule has 0 saturated heterocycles. The normalized spacial score (nSPS) is 11.4. The number of aliphatic hydroxyl groups is 1. The van der Waals surface area contributed by atoms with Gasteiger partial charge in [-0.15, -0.1) is 5.10 Å². The number of ether oxygens (including phenoxy) is 1. The Hall–Kier alpha value is -2.48. The van der Waals surface area contributed by atoms with E-state index in [1.54, 1.807) is 19.9 Å². The maximum Gasteiger partial charge on any atom is 0.298 e. The standard InChI is InChI=1S/C12H14N4O4/c1-12(2,17)11-7-15(14-13-11)9-5-4-8(20-3)6-10(9)16(18)19/h4-7,17H,1-3H3. The van der Waals surface area contributed by atoms with Gasteiger partial charge in [-0.2, -0.15) is 0 Å². The molecule has 1 N–H and O–H groups in total. The van der Waals surface area contributed by atoms with Gasteiger partial charge in [-0.1, -0.05) is 5.21 Å². The highest BCUT2D eigenvalue weighted by atomic mass is 16.6. The van der Waals surface area contributed by atoms with Crippen LogP contribution in [0, 0.1) is 10.1 Å². The lowest BCUT2D eigenvalue weighted by atomic mass is 10.1. The molecule has 1 aromatic carbocycles. The molecule has 0 aliphatic heterocycles. The van der Waals surface area contributed by atoms with E-state index in [1.165, 1.54) is 30.1 Å². The minimum absolute atomic E-state index is 0.156. The maximum absolute atomic E-state index is 11.1. The molecule has 0 aliphatic rings. The highest BCUT2D eigenvalue weighted by molar-refractivity contribution is 5.55. The molecule has 2 rings (SSSR count). The number of rotatable bonds is 4. The van der Waals surface area contributed by atoms with Crippen molar-refractivity contribution in [1.29, 1.82) is 0 Å². The SMILES string of the molecule is COc1ccc(-n2cc(C(C)(C)O)nn2)c([N+](=O)[O-])c1. The number of benzene rings is 1. The summed E-state index contributed by atoms with van der Waals surface area (Å²) in [5.41, 5.74) is -0.752. The molecule has 0 spiro atoms. The number of hydrogen-bond acceptors (Lipinski definition) is 6. The first-order chi connectivity index (χ1) is 9.32. The van der Waals surface area contributed by atoms with Crippen molar-refractivity contribution >= 4 is 5.69 Å². The molecule has 8 nitrogen and oxygen atoms in total. The number of nitrogens with zero attached hydrogens (tertiary/aromatic N) is 4. The molecule has 0 amide bonds. The quantitative estimate of drug-likeness (QED) is 0.670. The van der Waals surface area contributed by atoms with Crippen LogP contribution in [0.4, 0.5) is 5.69 Å². The van der Waals surface area contributed by atoms with Gasteiger partial charge < -0.3 is 9.84 Å². The first-order valence-electron chi connectivity index (χ1n) is 5.81. The van der Waals surface area contributed by atoms with Crippen molar-refractivity contribution in [2.24, 2.45) is 0 Å². The number of aromatic nitrogens is 3. The molecule has 0 atom stereocenters. The number of nitro benzene ring substituents is 1. The average Bonchev–Trinajstić information content (AvgIpc) is 2.87. The lowest BCUT2D eigenvalue weighted by molar-refractivity contribution is -0.384. The van der Waals surface area contributed by atoms with Gasteiger partial charge in [0.1, 0.15) is 22.7 Å². The van der Waals surface area contributed by atoms with Crippen LogP contribution in [0.2, 0.25) is 0 Å². The third kappa shape index (κ3) is 2.59. The van der Waals surface area contributed by atoms with Crippen molar-refractivity contribution in [3.8, 4) is 11.4 Å². The van der Waals surface area contributed by atoms with Crippen molar-refractivity contribution in [1.82, 2.24) is 15.0 Å². The van der Waals surface area contributed by atoms with E-state index < -0.39 is 10.5 Å². The van der Waals surface area contributed by atoms with Crippen LogP contribution in [-0.4, -0.2) is 32.1 Å². The molecule has 0 fully saturated rings. The summed E-state index contributed by atoms with van der Waals surface area (Å²) in [6, 6.07) is 4.41. The second kappa shape index (κ2) is 4.89. The van der Waals surface area contributed by atoms with Crippen LogP contribution in [0.15, 0.2) is 24.4 Å². The molecular formula is C12H14N4O4. The number of nitro groups is 1. The Kier molecular flexibility index (Phi) is 3.41. The largest absolute Gasteiger partial charge is 0.496 e. The van der Waals surface area contributed by atoms with E-state index in [9.17, 15) is 15.2 Å². The molecule has 8 heteroatoms. The van der Waals surface area contributed by atoms with E-state index in [-0.39, 0.29) is 11.4 Å². The van der Waals surface area contributed by atoms with Gasteiger partial charge in [-0.25, -0.2) is 4.68 Å². The zero-order valence-electron chi connectivity index (χ0n) is 11.3. The minimum Gasteiger partial charge on any atom is -0.496 e. The summed E-state index contributed by atoms with van der Waals surface area (Å²) >= 11 is 0. The van der Waals surface area contributed by atoms with Crippen molar-refractivity contribution in [3.05, 3.63) is 40.2 Å². The van der Waals surface area contributed by atoms with Gasteiger partial charge in [0.25, 0.3) is 5.69 Å². The van der Waals surface area contributed by atoms with Crippen LogP contribution < -0.4 is 4.74 Å². The maximum atomic E-state index is 11.1. The van der Waals surface area contributed by atoms with Gasteiger partial charge >= 0.3 is 0 Å². The predicted molar refractivity (Wildman–Crippen MR) is 69.8 cm³/mol. The Morgan fingerprint density at radius 3 is 2.65 bits per heavy atom. The summed E-state index contributed by atoms with van der Waals surface area (Å²) in [5.74, 6) is 0.378. The molecule has 0 bridgehead atoms. The highest BCUT2D eigenvalue weighted by Gasteiger charge is 2.23. The molecule has 0 saturated carbocycles. The van der Waals surface area contributed by atoms with E-state index in [0.29, 0.717) is 11.4 Å². The van der Waals surface area contributed by atoms with E-state index in [0.717, 1.165) is 0 Å². The topological polar surface area (TPSA) is 103 Å². The van der Waals surface area contributed by atoms with Crippen molar-refractivity contribution in [2.45, 2.75) is 19.4 Å². The number of hydrogen-bond donors (Lipinski definition) is 1. The van der Waals surface area contributed by atoms with Gasteiger partial charge in [-0.3, -0.25) is 10.1 Å². The van der Waals surface area contributed by atoms with Gasteiger partial charge in [0.05, 0.1) is 24.3 Å². The zero-order valence-corrected chi connectivity index (χ0v) is 11.3. The fourth-order valence-corrected chi connectivity index (χ4v) is 1.63. The summed E-state index contributed by atoms with van der Waals surface area (Å²) in [6.45, 7) is 3.12. The molecule has 1 aromatic heterocycles. The molecule has 2 aromatic rings. The smallest absolute Gasteiger partial charge is 0.298 e. The predicted octanol–water partition coefficient (Wildman–Crippen LogP) is 1.41. The van der Waals surface area contributed by atoms with Crippen LogP contribution in [0.3, 0.4) is 0 Å². The third-order valence-corrected chi connectivity index (χ3v) is 2.75. The van der Waals surface area contributed by atoms with Gasteiger partial charge in [0.15, 0.2) is 0 Å². The fraction of sp³-hybridized carbons (Fsp3) is 0.333. The van der Waals surface area contributed by atoms with Gasteiger partial charge in [0, 0.05) is 0 Å². The Labute approximate surface area is 114 Å². The van der Waals surface area contributed by atoms with E-state index in [4.69, 9.17) is 4.74 Å². The van der Waals surface area contributed by atoms with E-state index in [2.05, 4.69) is 10.3 Å². The highest BCUT2D eigenvalue weighted by Crippen LogP contribution is 2.28. The van der Waals surface area contributed by atoms with Crippen LogP contribution in [0.1, 0.15) is 19.5 Å². The third-order valence-electron chi connectivity index (χ3n) is 2.75. The molecule has 0 radical (unpaired) electrons. The zero-order chi connectivity index (χ0) is 14.9. The number of methoxy groups -OCH3 is 1. The fourth-order valence-electron chi connectivity index (χ4n) is 1.63. The summed E-state index contributed by atoms with van der Waals surface area (Å²) in [6.07, 6.45) is 1.45. The summed E-state index contributed by atoms with van der Waals surface area (Å²) < 4.78 is 6.22. The van der Waals surface area contributed by atoms with Crippen LogP contribution in [0.5, 0.6) is 5.75 Å². The molecule has 0 unspecified atom stereocenters. The Balaban J connectivity index is 2.52. The van der Waals surface area contributed by atoms with Gasteiger partial charge in [0.2, 0.25) is 0 Å². The molecule has 0 aliphatic carbocycles. The lowest BCUT2D eigenvalue weighted by Gasteiger charge is -2.11. The van der Waals surface area contributed by atoms with Gasteiger partial charge in [-0.05, 0) is 26.0 Å². The first kappa shape index (κ1) is 13.9. The first-order valence-corrected chi connectivity index (χ1v) is 5.81. The van der Waals surface area contributed by atoms with E-state index >= 15 is 0 Å².